The molecule has 0 aliphatic rings. The van der Waals surface area contributed by atoms with Gasteiger partial charge in [-0.15, -0.1) is 11.3 Å². The summed E-state index contributed by atoms with van der Waals surface area (Å²) in [6.07, 6.45) is 0. The van der Waals surface area contributed by atoms with Gasteiger partial charge in [0.1, 0.15) is 10.0 Å². The maximum absolute atomic E-state index is 12.2. The number of hydrogen-bond donors (Lipinski definition) is 1. The van der Waals surface area contributed by atoms with Crippen molar-refractivity contribution in [2.24, 2.45) is 0 Å². The van der Waals surface area contributed by atoms with Gasteiger partial charge in [0, 0.05) is 25.8 Å². The van der Waals surface area contributed by atoms with Crippen molar-refractivity contribution in [1.82, 2.24) is 9.29 Å². The SMILES string of the molecule is Cc1cccc(NCCN(C)S(=O)(=O)c2cccs2)n1. The van der Waals surface area contributed by atoms with E-state index in [0.717, 1.165) is 11.5 Å². The molecule has 0 aliphatic heterocycles. The third-order valence-electron chi connectivity index (χ3n) is 2.78. The summed E-state index contributed by atoms with van der Waals surface area (Å²) < 4.78 is 26.1. The van der Waals surface area contributed by atoms with Gasteiger partial charge in [-0.05, 0) is 30.5 Å². The molecule has 1 N–H and O–H groups in total. The minimum Gasteiger partial charge on any atom is -0.369 e. The third kappa shape index (κ3) is 3.56. The fourth-order valence-corrected chi connectivity index (χ4v) is 4.04. The Bertz CT molecular complexity index is 654. The highest BCUT2D eigenvalue weighted by atomic mass is 32.2. The first-order valence-corrected chi connectivity index (χ1v) is 8.49. The van der Waals surface area contributed by atoms with Crippen molar-refractivity contribution in [1.29, 1.82) is 0 Å². The Kier molecular flexibility index (Phi) is 4.74. The molecular formula is C13H17N3O2S2. The molecule has 0 saturated heterocycles. The molecule has 0 radical (unpaired) electrons. The number of hydrogen-bond acceptors (Lipinski definition) is 5. The summed E-state index contributed by atoms with van der Waals surface area (Å²) in [6.45, 7) is 2.81. The summed E-state index contributed by atoms with van der Waals surface area (Å²) in [5.74, 6) is 0.756. The second-order valence-electron chi connectivity index (χ2n) is 4.35. The molecule has 7 heteroatoms. The van der Waals surface area contributed by atoms with Crippen LogP contribution in [-0.4, -0.2) is 37.8 Å². The summed E-state index contributed by atoms with van der Waals surface area (Å²) in [6, 6.07) is 9.04. The molecule has 5 nitrogen and oxygen atoms in total. The molecule has 0 saturated carbocycles. The van der Waals surface area contributed by atoms with E-state index < -0.39 is 10.0 Å². The molecule has 0 bridgehead atoms. The van der Waals surface area contributed by atoms with E-state index in [4.69, 9.17) is 0 Å². The largest absolute Gasteiger partial charge is 0.369 e. The first-order chi connectivity index (χ1) is 9.50. The van der Waals surface area contributed by atoms with Crippen LogP contribution in [0.1, 0.15) is 5.69 Å². The Morgan fingerprint density at radius 3 is 2.75 bits per heavy atom. The Morgan fingerprint density at radius 2 is 2.10 bits per heavy atom. The number of sulfonamides is 1. The van der Waals surface area contributed by atoms with Crippen LogP contribution in [-0.2, 0) is 10.0 Å². The predicted molar refractivity (Wildman–Crippen MR) is 81.6 cm³/mol. The van der Waals surface area contributed by atoms with Crippen molar-refractivity contribution in [3.63, 3.8) is 0 Å². The topological polar surface area (TPSA) is 62.3 Å². The highest BCUT2D eigenvalue weighted by molar-refractivity contribution is 7.91. The van der Waals surface area contributed by atoms with Crippen LogP contribution in [0.2, 0.25) is 0 Å². The Hall–Kier alpha value is -1.44. The van der Waals surface area contributed by atoms with Gasteiger partial charge >= 0.3 is 0 Å². The van der Waals surface area contributed by atoms with Crippen LogP contribution in [0.4, 0.5) is 5.82 Å². The average Bonchev–Trinajstić information content (AvgIpc) is 2.93. The fourth-order valence-electron chi connectivity index (χ4n) is 1.67. The van der Waals surface area contributed by atoms with E-state index in [1.807, 2.05) is 25.1 Å². The van der Waals surface area contributed by atoms with Crippen molar-refractivity contribution >= 4 is 27.2 Å². The highest BCUT2D eigenvalue weighted by Gasteiger charge is 2.20. The van der Waals surface area contributed by atoms with Gasteiger partial charge in [-0.2, -0.15) is 4.31 Å². The van der Waals surface area contributed by atoms with Gasteiger partial charge in [0.25, 0.3) is 10.0 Å². The van der Waals surface area contributed by atoms with Gasteiger partial charge in [0.2, 0.25) is 0 Å². The number of aromatic nitrogens is 1. The lowest BCUT2D eigenvalue weighted by Crippen LogP contribution is -2.31. The van der Waals surface area contributed by atoms with Crippen LogP contribution in [0.5, 0.6) is 0 Å². The van der Waals surface area contributed by atoms with E-state index in [1.54, 1.807) is 24.6 Å². The molecule has 0 aromatic carbocycles. The van der Waals surface area contributed by atoms with Crippen LogP contribution in [0.25, 0.3) is 0 Å². The van der Waals surface area contributed by atoms with E-state index in [-0.39, 0.29) is 0 Å². The molecule has 108 valence electrons. The van der Waals surface area contributed by atoms with Crippen LogP contribution in [0, 0.1) is 6.92 Å². The molecule has 0 aliphatic carbocycles. The number of nitrogens with one attached hydrogen (secondary N) is 1. The maximum Gasteiger partial charge on any atom is 0.252 e. The summed E-state index contributed by atoms with van der Waals surface area (Å²) in [5.41, 5.74) is 0.926. The molecule has 2 rings (SSSR count). The van der Waals surface area contributed by atoms with Crippen LogP contribution >= 0.6 is 11.3 Å². The number of pyridine rings is 1. The fraction of sp³-hybridized carbons (Fsp3) is 0.308. The van der Waals surface area contributed by atoms with E-state index in [1.165, 1.54) is 15.6 Å². The van der Waals surface area contributed by atoms with Crippen molar-refractivity contribution in [3.8, 4) is 0 Å². The monoisotopic (exact) mass is 311 g/mol. The van der Waals surface area contributed by atoms with E-state index in [9.17, 15) is 8.42 Å². The number of anilines is 1. The Morgan fingerprint density at radius 1 is 1.30 bits per heavy atom. The normalized spacial score (nSPS) is 11.8. The zero-order valence-electron chi connectivity index (χ0n) is 11.4. The van der Waals surface area contributed by atoms with E-state index in [2.05, 4.69) is 10.3 Å². The first-order valence-electron chi connectivity index (χ1n) is 6.17. The zero-order chi connectivity index (χ0) is 14.6. The van der Waals surface area contributed by atoms with Gasteiger partial charge < -0.3 is 5.32 Å². The van der Waals surface area contributed by atoms with Crippen molar-refractivity contribution in [2.75, 3.05) is 25.5 Å². The Balaban J connectivity index is 1.91. The van der Waals surface area contributed by atoms with E-state index in [0.29, 0.717) is 17.3 Å². The standard InChI is InChI=1S/C13H17N3O2S2/c1-11-5-3-6-12(15-11)14-8-9-16(2)20(17,18)13-7-4-10-19-13/h3-7,10H,8-9H2,1-2H3,(H,14,15). The van der Waals surface area contributed by atoms with Crippen LogP contribution in [0.3, 0.4) is 0 Å². The highest BCUT2D eigenvalue weighted by Crippen LogP contribution is 2.19. The average molecular weight is 311 g/mol. The molecule has 20 heavy (non-hydrogen) atoms. The molecule has 0 spiro atoms. The molecule has 0 amide bonds. The van der Waals surface area contributed by atoms with Crippen LogP contribution in [0.15, 0.2) is 39.9 Å². The smallest absolute Gasteiger partial charge is 0.252 e. The molecule has 2 heterocycles. The number of aryl methyl sites for hydroxylation is 1. The molecule has 2 aromatic heterocycles. The molecular weight excluding hydrogens is 294 g/mol. The van der Waals surface area contributed by atoms with Crippen molar-refractivity contribution in [3.05, 3.63) is 41.4 Å². The van der Waals surface area contributed by atoms with Gasteiger partial charge in [0.15, 0.2) is 0 Å². The lowest BCUT2D eigenvalue weighted by Gasteiger charge is -2.16. The summed E-state index contributed by atoms with van der Waals surface area (Å²) in [5, 5.41) is 4.88. The first kappa shape index (κ1) is 15.0. The lowest BCUT2D eigenvalue weighted by atomic mass is 10.4. The molecule has 0 unspecified atom stereocenters. The zero-order valence-corrected chi connectivity index (χ0v) is 13.0. The number of nitrogens with zero attached hydrogens (tertiary/aromatic N) is 2. The van der Waals surface area contributed by atoms with Gasteiger partial charge in [-0.25, -0.2) is 13.4 Å². The summed E-state index contributed by atoms with van der Waals surface area (Å²) in [7, 11) is -1.78. The van der Waals surface area contributed by atoms with Gasteiger partial charge in [0.05, 0.1) is 0 Å². The molecule has 0 fully saturated rings. The molecule has 0 atom stereocenters. The molecule has 2 aromatic rings. The number of thiophene rings is 1. The third-order valence-corrected chi connectivity index (χ3v) is 6.01. The minimum atomic E-state index is -3.37. The van der Waals surface area contributed by atoms with Crippen molar-refractivity contribution < 1.29 is 8.42 Å². The predicted octanol–water partition coefficient (Wildman–Crippen LogP) is 2.18. The van der Waals surface area contributed by atoms with Crippen molar-refractivity contribution in [2.45, 2.75) is 11.1 Å². The second kappa shape index (κ2) is 6.34. The summed E-state index contributed by atoms with van der Waals surface area (Å²) in [4.78, 5) is 4.31. The number of rotatable bonds is 6. The second-order valence-corrected chi connectivity index (χ2v) is 7.57. The maximum atomic E-state index is 12.2. The van der Waals surface area contributed by atoms with Gasteiger partial charge in [-0.1, -0.05) is 12.1 Å². The minimum absolute atomic E-state index is 0.369. The van der Waals surface area contributed by atoms with Gasteiger partial charge in [-0.3, -0.25) is 0 Å². The number of likely N-dealkylation sites (N-methyl/N-ethyl adjacent to an activating group) is 1. The van der Waals surface area contributed by atoms with E-state index >= 15 is 0 Å². The summed E-state index contributed by atoms with van der Waals surface area (Å²) >= 11 is 1.23. The Labute approximate surface area is 123 Å². The van der Waals surface area contributed by atoms with Crippen LogP contribution < -0.4 is 5.32 Å². The quantitative estimate of drug-likeness (QED) is 0.888. The lowest BCUT2D eigenvalue weighted by molar-refractivity contribution is 0.482.